The van der Waals surface area contributed by atoms with Crippen molar-refractivity contribution in [1.29, 1.82) is 0 Å². The normalized spacial score (nSPS) is 9.94. The van der Waals surface area contributed by atoms with Gasteiger partial charge in [-0.3, -0.25) is 0 Å². The van der Waals surface area contributed by atoms with Crippen molar-refractivity contribution in [2.24, 2.45) is 0 Å². The minimum atomic E-state index is 1.13. The third-order valence-electron chi connectivity index (χ3n) is 2.58. The Hall–Kier alpha value is -1.68. The van der Waals surface area contributed by atoms with E-state index in [4.69, 9.17) is 0 Å². The third-order valence-corrected chi connectivity index (χ3v) is 2.58. The molecule has 1 aromatic carbocycles. The van der Waals surface area contributed by atoms with E-state index in [-0.39, 0.29) is 0 Å². The SMILES string of the molecule is CC#CN/C=C/CCCCCc1ccccc1. The van der Waals surface area contributed by atoms with Gasteiger partial charge in [-0.25, -0.2) is 0 Å². The van der Waals surface area contributed by atoms with Gasteiger partial charge in [0.15, 0.2) is 0 Å². The van der Waals surface area contributed by atoms with Crippen LogP contribution in [0.3, 0.4) is 0 Å². The quantitative estimate of drug-likeness (QED) is 0.423. The molecule has 90 valence electrons. The summed E-state index contributed by atoms with van der Waals surface area (Å²) >= 11 is 0. The van der Waals surface area contributed by atoms with E-state index in [1.165, 1.54) is 31.2 Å². The summed E-state index contributed by atoms with van der Waals surface area (Å²) in [7, 11) is 0. The summed E-state index contributed by atoms with van der Waals surface area (Å²) in [5.74, 6) is 2.78. The summed E-state index contributed by atoms with van der Waals surface area (Å²) in [5, 5.41) is 2.91. The predicted molar refractivity (Wildman–Crippen MR) is 74.3 cm³/mol. The molecule has 0 aromatic heterocycles. The van der Waals surface area contributed by atoms with Gasteiger partial charge in [0.05, 0.1) is 0 Å². The summed E-state index contributed by atoms with van der Waals surface area (Å²) in [4.78, 5) is 0. The number of hydrogen-bond acceptors (Lipinski definition) is 1. The van der Waals surface area contributed by atoms with Crippen molar-refractivity contribution in [3.63, 3.8) is 0 Å². The van der Waals surface area contributed by atoms with Gasteiger partial charge in [-0.2, -0.15) is 0 Å². The van der Waals surface area contributed by atoms with Gasteiger partial charge in [0, 0.05) is 12.2 Å². The molecule has 0 bridgehead atoms. The molecule has 0 atom stereocenters. The fourth-order valence-corrected chi connectivity index (χ4v) is 1.67. The minimum absolute atomic E-state index is 1.13. The van der Waals surface area contributed by atoms with Crippen LogP contribution in [-0.2, 0) is 6.42 Å². The van der Waals surface area contributed by atoms with Crippen molar-refractivity contribution in [2.45, 2.75) is 39.0 Å². The highest BCUT2D eigenvalue weighted by Crippen LogP contribution is 2.07. The maximum absolute atomic E-state index is 2.91. The minimum Gasteiger partial charge on any atom is -0.322 e. The number of aryl methyl sites for hydroxylation is 1. The molecule has 0 aliphatic carbocycles. The Morgan fingerprint density at radius 3 is 2.71 bits per heavy atom. The van der Waals surface area contributed by atoms with Crippen LogP contribution >= 0.6 is 0 Å². The topological polar surface area (TPSA) is 12.0 Å². The van der Waals surface area contributed by atoms with Gasteiger partial charge in [-0.1, -0.05) is 48.7 Å². The fraction of sp³-hybridized carbons (Fsp3) is 0.375. The molecule has 1 rings (SSSR count). The van der Waals surface area contributed by atoms with E-state index in [2.05, 4.69) is 53.7 Å². The van der Waals surface area contributed by atoms with Gasteiger partial charge in [0.1, 0.15) is 0 Å². The Bertz CT molecular complexity index is 368. The first kappa shape index (κ1) is 13.4. The molecule has 17 heavy (non-hydrogen) atoms. The number of unbranched alkanes of at least 4 members (excludes halogenated alkanes) is 3. The molecule has 0 unspecified atom stereocenters. The van der Waals surface area contributed by atoms with Gasteiger partial charge in [0.25, 0.3) is 0 Å². The molecule has 0 saturated heterocycles. The zero-order valence-corrected chi connectivity index (χ0v) is 10.6. The summed E-state index contributed by atoms with van der Waals surface area (Å²) in [6.45, 7) is 1.82. The third kappa shape index (κ3) is 7.25. The Morgan fingerprint density at radius 2 is 1.94 bits per heavy atom. The highest BCUT2D eigenvalue weighted by atomic mass is 14.8. The summed E-state index contributed by atoms with van der Waals surface area (Å²) in [6.07, 6.45) is 10.2. The molecule has 1 aromatic rings. The molecule has 0 spiro atoms. The number of hydrogen-bond donors (Lipinski definition) is 1. The highest BCUT2D eigenvalue weighted by molar-refractivity contribution is 5.14. The van der Waals surface area contributed by atoms with Crippen LogP contribution in [0.5, 0.6) is 0 Å². The van der Waals surface area contributed by atoms with Crippen molar-refractivity contribution in [3.05, 3.63) is 48.2 Å². The van der Waals surface area contributed by atoms with Crippen LogP contribution in [0.25, 0.3) is 0 Å². The van der Waals surface area contributed by atoms with Crippen molar-refractivity contribution >= 4 is 0 Å². The average molecular weight is 227 g/mol. The van der Waals surface area contributed by atoms with E-state index >= 15 is 0 Å². The van der Waals surface area contributed by atoms with Crippen molar-refractivity contribution < 1.29 is 0 Å². The van der Waals surface area contributed by atoms with E-state index in [9.17, 15) is 0 Å². The second-order valence-electron chi connectivity index (χ2n) is 4.01. The molecule has 0 fully saturated rings. The first-order chi connectivity index (χ1) is 8.43. The zero-order chi connectivity index (χ0) is 12.2. The monoisotopic (exact) mass is 227 g/mol. The lowest BCUT2D eigenvalue weighted by molar-refractivity contribution is 0.686. The summed E-state index contributed by atoms with van der Waals surface area (Å²) < 4.78 is 0. The number of rotatable bonds is 7. The molecular weight excluding hydrogens is 206 g/mol. The molecule has 0 radical (unpaired) electrons. The number of benzene rings is 1. The van der Waals surface area contributed by atoms with Crippen LogP contribution in [0.4, 0.5) is 0 Å². The van der Waals surface area contributed by atoms with Crippen LogP contribution in [0.2, 0.25) is 0 Å². The Labute approximate surface area is 105 Å². The van der Waals surface area contributed by atoms with Gasteiger partial charge in [-0.15, -0.1) is 0 Å². The summed E-state index contributed by atoms with van der Waals surface area (Å²) in [5.41, 5.74) is 1.45. The van der Waals surface area contributed by atoms with Gasteiger partial charge >= 0.3 is 0 Å². The average Bonchev–Trinajstić information content (AvgIpc) is 2.38. The Morgan fingerprint density at radius 1 is 1.12 bits per heavy atom. The Balaban J connectivity index is 1.97. The second-order valence-corrected chi connectivity index (χ2v) is 4.01. The number of nitrogens with one attached hydrogen (secondary N) is 1. The van der Waals surface area contributed by atoms with Crippen LogP contribution in [-0.4, -0.2) is 0 Å². The van der Waals surface area contributed by atoms with Crippen LogP contribution < -0.4 is 5.32 Å². The first-order valence-electron chi connectivity index (χ1n) is 6.29. The van der Waals surface area contributed by atoms with Crippen LogP contribution in [0.1, 0.15) is 38.2 Å². The predicted octanol–water partition coefficient (Wildman–Crippen LogP) is 3.87. The maximum atomic E-state index is 2.91. The van der Waals surface area contributed by atoms with Gasteiger partial charge < -0.3 is 5.32 Å². The van der Waals surface area contributed by atoms with E-state index in [1.54, 1.807) is 0 Å². The molecule has 0 aliphatic rings. The smallest absolute Gasteiger partial charge is 0.00841 e. The van der Waals surface area contributed by atoms with Crippen molar-refractivity contribution in [2.75, 3.05) is 0 Å². The molecule has 0 heterocycles. The Kier molecular flexibility index (Phi) is 7.51. The second kappa shape index (κ2) is 9.54. The molecular formula is C16H21N. The maximum Gasteiger partial charge on any atom is 0.00841 e. The molecule has 0 saturated carbocycles. The molecule has 1 heteroatoms. The number of allylic oxidation sites excluding steroid dienone is 1. The van der Waals surface area contributed by atoms with Crippen LogP contribution in [0.15, 0.2) is 42.6 Å². The van der Waals surface area contributed by atoms with Gasteiger partial charge in [0.2, 0.25) is 0 Å². The van der Waals surface area contributed by atoms with Crippen LogP contribution in [0, 0.1) is 12.0 Å². The van der Waals surface area contributed by atoms with E-state index in [0.717, 1.165) is 6.42 Å². The standard InChI is InChI=1S/C16H21N/c1-2-14-17-15-10-5-3-4-7-11-16-12-8-6-9-13-16/h6,8-10,12-13,15,17H,3-5,7,11H2,1H3/b15-10+. The molecule has 0 amide bonds. The zero-order valence-electron chi connectivity index (χ0n) is 10.6. The van der Waals surface area contributed by atoms with Crippen molar-refractivity contribution in [3.8, 4) is 12.0 Å². The van der Waals surface area contributed by atoms with E-state index in [0.29, 0.717) is 0 Å². The molecule has 0 aliphatic heterocycles. The lowest BCUT2D eigenvalue weighted by atomic mass is 10.1. The highest BCUT2D eigenvalue weighted by Gasteiger charge is 1.91. The van der Waals surface area contributed by atoms with E-state index in [1.807, 2.05) is 13.1 Å². The van der Waals surface area contributed by atoms with E-state index < -0.39 is 0 Å². The first-order valence-corrected chi connectivity index (χ1v) is 6.29. The van der Waals surface area contributed by atoms with Crippen molar-refractivity contribution in [1.82, 2.24) is 5.32 Å². The lowest BCUT2D eigenvalue weighted by Gasteiger charge is -2.00. The molecule has 1 nitrogen and oxygen atoms in total. The molecule has 1 N–H and O–H groups in total. The largest absolute Gasteiger partial charge is 0.322 e. The van der Waals surface area contributed by atoms with Gasteiger partial charge in [-0.05, 0) is 38.2 Å². The fourth-order valence-electron chi connectivity index (χ4n) is 1.67. The summed E-state index contributed by atoms with van der Waals surface area (Å²) in [6, 6.07) is 13.5. The lowest BCUT2D eigenvalue weighted by Crippen LogP contribution is -1.91.